The van der Waals surface area contributed by atoms with E-state index >= 15 is 0 Å². The monoisotopic (exact) mass is 346 g/mol. The van der Waals surface area contributed by atoms with Crippen LogP contribution in [0.5, 0.6) is 0 Å². The number of hydrogen-bond donors (Lipinski definition) is 0. The molecule has 0 aromatic heterocycles. The summed E-state index contributed by atoms with van der Waals surface area (Å²) in [7, 11) is 0. The first kappa shape index (κ1) is 17.0. The van der Waals surface area contributed by atoms with Crippen LogP contribution in [0.1, 0.15) is 36.2 Å². The quantitative estimate of drug-likeness (QED) is 0.602. The molecule has 0 amide bonds. The molecular weight excluding hydrogens is 331 g/mol. The fraction of sp³-hybridized carbons (Fsp3) is 0.294. The number of alkyl halides is 1. The van der Waals surface area contributed by atoms with Crippen LogP contribution >= 0.6 is 0 Å². The van der Waals surface area contributed by atoms with Crippen molar-refractivity contribution in [2.24, 2.45) is 0 Å². The van der Waals surface area contributed by atoms with Crippen LogP contribution in [-0.2, 0) is 4.74 Å². The first-order valence-corrected chi connectivity index (χ1v) is 7.72. The number of nitro benzene ring substituents is 2. The summed E-state index contributed by atoms with van der Waals surface area (Å²) in [6.07, 6.45) is -1.80. The Morgan fingerprint density at radius 2 is 1.16 bits per heavy atom. The molecule has 0 aliphatic carbocycles. The van der Waals surface area contributed by atoms with Gasteiger partial charge in [0.15, 0.2) is 0 Å². The van der Waals surface area contributed by atoms with Crippen molar-refractivity contribution >= 4 is 11.4 Å². The molecule has 1 aliphatic heterocycles. The molecule has 3 rings (SSSR count). The molecule has 1 heterocycles. The van der Waals surface area contributed by atoms with Crippen molar-refractivity contribution in [3.05, 3.63) is 79.9 Å². The highest BCUT2D eigenvalue weighted by atomic mass is 19.1. The maximum Gasteiger partial charge on any atom is 0.269 e. The van der Waals surface area contributed by atoms with Crippen LogP contribution in [0.4, 0.5) is 15.8 Å². The molecule has 7 nitrogen and oxygen atoms in total. The Labute approximate surface area is 142 Å². The predicted octanol–water partition coefficient (Wildman–Crippen LogP) is 4.43. The second-order valence-electron chi connectivity index (χ2n) is 5.88. The lowest BCUT2D eigenvalue weighted by molar-refractivity contribution is -0.385. The summed E-state index contributed by atoms with van der Waals surface area (Å²) in [6.45, 7) is 0. The fourth-order valence-corrected chi connectivity index (χ4v) is 2.92. The van der Waals surface area contributed by atoms with Crippen molar-refractivity contribution in [3.8, 4) is 0 Å². The van der Waals surface area contributed by atoms with Gasteiger partial charge in [-0.05, 0) is 35.4 Å². The van der Waals surface area contributed by atoms with Crippen molar-refractivity contribution in [1.82, 2.24) is 0 Å². The van der Waals surface area contributed by atoms with E-state index < -0.39 is 28.2 Å². The molecule has 1 saturated heterocycles. The topological polar surface area (TPSA) is 95.5 Å². The molecule has 1 aliphatic rings. The summed E-state index contributed by atoms with van der Waals surface area (Å²) < 4.78 is 20.1. The number of non-ortho nitro benzene ring substituents is 2. The minimum atomic E-state index is -1.09. The maximum atomic E-state index is 14.2. The number of nitro groups is 2. The molecule has 0 bridgehead atoms. The summed E-state index contributed by atoms with van der Waals surface area (Å²) >= 11 is 0. The van der Waals surface area contributed by atoms with E-state index in [2.05, 4.69) is 0 Å². The summed E-state index contributed by atoms with van der Waals surface area (Å²) in [6, 6.07) is 11.7. The van der Waals surface area contributed by atoms with E-state index in [9.17, 15) is 24.6 Å². The normalized spacial score (nSPS) is 23.2. The predicted molar refractivity (Wildman–Crippen MR) is 86.9 cm³/mol. The van der Waals surface area contributed by atoms with Gasteiger partial charge in [0.2, 0.25) is 0 Å². The first-order valence-electron chi connectivity index (χ1n) is 7.72. The van der Waals surface area contributed by atoms with Crippen molar-refractivity contribution < 1.29 is 19.0 Å². The fourth-order valence-electron chi connectivity index (χ4n) is 2.92. The Kier molecular flexibility index (Phi) is 4.71. The largest absolute Gasteiger partial charge is 0.365 e. The molecule has 8 heteroatoms. The molecule has 0 N–H and O–H groups in total. The Balaban J connectivity index is 1.79. The van der Waals surface area contributed by atoms with Crippen molar-refractivity contribution in [1.29, 1.82) is 0 Å². The van der Waals surface area contributed by atoms with Gasteiger partial charge < -0.3 is 4.74 Å². The van der Waals surface area contributed by atoms with E-state index in [1.54, 1.807) is 24.3 Å². The zero-order valence-corrected chi connectivity index (χ0v) is 13.1. The minimum absolute atomic E-state index is 0.0386. The van der Waals surface area contributed by atoms with E-state index in [1.165, 1.54) is 24.3 Å². The average molecular weight is 346 g/mol. The van der Waals surface area contributed by atoms with Gasteiger partial charge >= 0.3 is 0 Å². The molecule has 2 aromatic rings. The van der Waals surface area contributed by atoms with Crippen LogP contribution in [-0.4, -0.2) is 16.0 Å². The van der Waals surface area contributed by atoms with Crippen LogP contribution < -0.4 is 0 Å². The average Bonchev–Trinajstić information content (AvgIpc) is 2.61. The molecule has 130 valence electrons. The SMILES string of the molecule is O=[N+]([O-])c1ccc([C@@H]2CC(F)C[C@H](c3ccc([N+](=O)[O-])cc3)O2)cc1. The molecule has 0 radical (unpaired) electrons. The third kappa shape index (κ3) is 3.80. The third-order valence-corrected chi connectivity index (χ3v) is 4.22. The number of nitrogens with zero attached hydrogens (tertiary/aromatic N) is 2. The summed E-state index contributed by atoms with van der Waals surface area (Å²) in [5.41, 5.74) is 1.26. The highest BCUT2D eigenvalue weighted by Gasteiger charge is 2.31. The lowest BCUT2D eigenvalue weighted by atomic mass is 9.93. The zero-order valence-electron chi connectivity index (χ0n) is 13.1. The number of hydrogen-bond acceptors (Lipinski definition) is 5. The Bertz CT molecular complexity index is 713. The van der Waals surface area contributed by atoms with Crippen LogP contribution in [0.2, 0.25) is 0 Å². The summed E-state index contributed by atoms with van der Waals surface area (Å²) in [5, 5.41) is 21.4. The minimum Gasteiger partial charge on any atom is -0.365 e. The van der Waals surface area contributed by atoms with E-state index in [-0.39, 0.29) is 24.2 Å². The number of benzene rings is 2. The van der Waals surface area contributed by atoms with Gasteiger partial charge in [0, 0.05) is 37.1 Å². The number of ether oxygens (including phenoxy) is 1. The van der Waals surface area contributed by atoms with Gasteiger partial charge in [0.25, 0.3) is 11.4 Å². The highest BCUT2D eigenvalue weighted by molar-refractivity contribution is 5.35. The Hall–Kier alpha value is -2.87. The standard InChI is InChI=1S/C17H15FN2O5/c18-13-9-16(11-1-5-14(6-2-11)19(21)22)25-17(10-13)12-3-7-15(8-4-12)20(23)24/h1-8,13,16-17H,9-10H2/t13?,16-,17+. The van der Waals surface area contributed by atoms with Gasteiger partial charge in [-0.1, -0.05) is 0 Å². The van der Waals surface area contributed by atoms with E-state index in [0.29, 0.717) is 11.1 Å². The first-order chi connectivity index (χ1) is 11.9. The zero-order chi connectivity index (χ0) is 18.0. The van der Waals surface area contributed by atoms with Crippen molar-refractivity contribution in [3.63, 3.8) is 0 Å². The highest BCUT2D eigenvalue weighted by Crippen LogP contribution is 2.40. The molecule has 1 fully saturated rings. The molecule has 3 atom stereocenters. The molecule has 0 spiro atoms. The second-order valence-corrected chi connectivity index (χ2v) is 5.88. The van der Waals surface area contributed by atoms with E-state index in [0.717, 1.165) is 0 Å². The summed E-state index contributed by atoms with van der Waals surface area (Å²) in [5.74, 6) is 0. The maximum absolute atomic E-state index is 14.2. The Morgan fingerprint density at radius 1 is 0.800 bits per heavy atom. The van der Waals surface area contributed by atoms with Gasteiger partial charge in [-0.3, -0.25) is 20.2 Å². The van der Waals surface area contributed by atoms with Gasteiger partial charge in [0.05, 0.1) is 22.1 Å². The smallest absolute Gasteiger partial charge is 0.269 e. The molecule has 25 heavy (non-hydrogen) atoms. The molecular formula is C17H15FN2O5. The van der Waals surface area contributed by atoms with Gasteiger partial charge in [-0.2, -0.15) is 0 Å². The van der Waals surface area contributed by atoms with E-state index in [1.807, 2.05) is 0 Å². The van der Waals surface area contributed by atoms with Crippen molar-refractivity contribution in [2.45, 2.75) is 31.2 Å². The van der Waals surface area contributed by atoms with Gasteiger partial charge in [-0.15, -0.1) is 0 Å². The van der Waals surface area contributed by atoms with E-state index in [4.69, 9.17) is 4.74 Å². The van der Waals surface area contributed by atoms with Crippen LogP contribution in [0.25, 0.3) is 0 Å². The van der Waals surface area contributed by atoms with Crippen molar-refractivity contribution in [2.75, 3.05) is 0 Å². The lowest BCUT2D eigenvalue weighted by Crippen LogP contribution is -2.24. The van der Waals surface area contributed by atoms with Crippen LogP contribution in [0.3, 0.4) is 0 Å². The molecule has 1 unspecified atom stereocenters. The third-order valence-electron chi connectivity index (χ3n) is 4.22. The van der Waals surface area contributed by atoms with Gasteiger partial charge in [0.1, 0.15) is 6.17 Å². The van der Waals surface area contributed by atoms with Gasteiger partial charge in [-0.25, -0.2) is 4.39 Å². The number of rotatable bonds is 4. The lowest BCUT2D eigenvalue weighted by Gasteiger charge is -2.32. The number of halogens is 1. The molecule has 2 aromatic carbocycles. The Morgan fingerprint density at radius 3 is 1.48 bits per heavy atom. The second kappa shape index (κ2) is 6.94. The van der Waals surface area contributed by atoms with Crippen LogP contribution in [0, 0.1) is 20.2 Å². The summed E-state index contributed by atoms with van der Waals surface area (Å²) in [4.78, 5) is 20.4. The molecule has 0 saturated carbocycles. The van der Waals surface area contributed by atoms with Crippen LogP contribution in [0.15, 0.2) is 48.5 Å².